The second kappa shape index (κ2) is 6.76. The lowest BCUT2D eigenvalue weighted by Crippen LogP contribution is -2.14. The molecular weight excluding hydrogens is 382 g/mol. The lowest BCUT2D eigenvalue weighted by atomic mass is 10.1. The highest BCUT2D eigenvalue weighted by molar-refractivity contribution is 9.10. The molecule has 0 bridgehead atoms. The summed E-state index contributed by atoms with van der Waals surface area (Å²) in [5.74, 6) is 0.268. The number of carbonyl (C=O) groups excluding carboxylic acids is 1. The molecule has 1 amide bonds. The normalized spacial score (nSPS) is 10.8. The summed E-state index contributed by atoms with van der Waals surface area (Å²) in [7, 11) is 0. The van der Waals surface area contributed by atoms with Crippen LogP contribution in [0.2, 0.25) is 0 Å². The van der Waals surface area contributed by atoms with Crippen LogP contribution in [0.15, 0.2) is 45.2 Å². The number of nitrogens with one attached hydrogen (secondary N) is 1. The molecule has 1 N–H and O–H groups in total. The average molecular weight is 394 g/mol. The van der Waals surface area contributed by atoms with E-state index in [4.69, 9.17) is 0 Å². The third kappa shape index (κ3) is 3.48. The molecule has 0 saturated heterocycles. The molecule has 0 aliphatic rings. The van der Waals surface area contributed by atoms with Crippen molar-refractivity contribution in [1.29, 1.82) is 0 Å². The molecule has 0 fully saturated rings. The van der Waals surface area contributed by atoms with Crippen LogP contribution in [-0.2, 0) is 4.79 Å². The Morgan fingerprint density at radius 3 is 2.73 bits per heavy atom. The number of anilines is 1. The van der Waals surface area contributed by atoms with Crippen molar-refractivity contribution in [3.8, 4) is 0 Å². The van der Waals surface area contributed by atoms with E-state index in [1.807, 2.05) is 43.3 Å². The number of carbonyl (C=O) groups is 1. The van der Waals surface area contributed by atoms with Gasteiger partial charge in [-0.25, -0.2) is 0 Å². The Labute approximate surface area is 144 Å². The minimum atomic E-state index is -0.0506. The molecule has 3 aromatic rings. The second-order valence-electron chi connectivity index (χ2n) is 4.56. The molecule has 4 nitrogen and oxygen atoms in total. The summed E-state index contributed by atoms with van der Waals surface area (Å²) in [6.07, 6.45) is 0. The third-order valence-corrected chi connectivity index (χ3v) is 5.64. The van der Waals surface area contributed by atoms with Gasteiger partial charge in [-0.05, 0) is 24.4 Å². The summed E-state index contributed by atoms with van der Waals surface area (Å²) in [5, 5.41) is 13.9. The van der Waals surface area contributed by atoms with Gasteiger partial charge in [-0.3, -0.25) is 4.79 Å². The summed E-state index contributed by atoms with van der Waals surface area (Å²) < 4.78 is 1.83. The van der Waals surface area contributed by atoms with E-state index in [1.165, 1.54) is 23.1 Å². The molecule has 0 aliphatic carbocycles. The quantitative estimate of drug-likeness (QED) is 0.663. The maximum atomic E-state index is 12.1. The lowest BCUT2D eigenvalue weighted by Gasteiger charge is -2.09. The maximum Gasteiger partial charge on any atom is 0.234 e. The Kier molecular flexibility index (Phi) is 4.75. The predicted molar refractivity (Wildman–Crippen MR) is 95.6 cm³/mol. The van der Waals surface area contributed by atoms with Crippen LogP contribution in [0.4, 0.5) is 5.69 Å². The van der Waals surface area contributed by atoms with Crippen LogP contribution in [0, 0.1) is 6.92 Å². The highest BCUT2D eigenvalue weighted by Gasteiger charge is 2.09. The van der Waals surface area contributed by atoms with Crippen LogP contribution in [-0.4, -0.2) is 21.9 Å². The minimum absolute atomic E-state index is 0.0506. The number of aryl methyl sites for hydroxylation is 1. The molecule has 3 rings (SSSR count). The second-order valence-corrected chi connectivity index (χ2v) is 7.82. The molecule has 2 aromatic carbocycles. The summed E-state index contributed by atoms with van der Waals surface area (Å²) in [5.41, 5.74) is 0.817. The SMILES string of the molecule is Cc1nnc(SCC(=O)Nc2ccc(Br)c3ccccc23)s1. The number of nitrogens with zero attached hydrogens (tertiary/aromatic N) is 2. The number of thioether (sulfide) groups is 1. The Bertz CT molecular complexity index is 835. The van der Waals surface area contributed by atoms with E-state index in [2.05, 4.69) is 31.4 Å². The zero-order chi connectivity index (χ0) is 15.5. The number of benzene rings is 2. The fraction of sp³-hybridized carbons (Fsp3) is 0.133. The summed E-state index contributed by atoms with van der Waals surface area (Å²) >= 11 is 6.43. The highest BCUT2D eigenvalue weighted by atomic mass is 79.9. The molecule has 0 aliphatic heterocycles. The van der Waals surface area contributed by atoms with Crippen LogP contribution >= 0.6 is 39.0 Å². The molecule has 0 radical (unpaired) electrons. The first kappa shape index (κ1) is 15.5. The molecule has 1 heterocycles. The van der Waals surface area contributed by atoms with Gasteiger partial charge in [-0.2, -0.15) is 0 Å². The molecule has 0 atom stereocenters. The molecule has 1 aromatic heterocycles. The maximum absolute atomic E-state index is 12.1. The molecule has 0 spiro atoms. The Balaban J connectivity index is 1.73. The van der Waals surface area contributed by atoms with Gasteiger partial charge in [0, 0.05) is 15.5 Å². The first-order valence-corrected chi connectivity index (χ1v) is 9.13. The van der Waals surface area contributed by atoms with Crippen LogP contribution in [0.25, 0.3) is 10.8 Å². The number of hydrogen-bond acceptors (Lipinski definition) is 5. The number of halogens is 1. The zero-order valence-corrected chi connectivity index (χ0v) is 14.9. The van der Waals surface area contributed by atoms with E-state index in [0.29, 0.717) is 5.75 Å². The fourth-order valence-corrected chi connectivity index (χ4v) is 4.12. The highest BCUT2D eigenvalue weighted by Crippen LogP contribution is 2.30. The lowest BCUT2D eigenvalue weighted by molar-refractivity contribution is -0.113. The van der Waals surface area contributed by atoms with Crippen molar-refractivity contribution in [3.63, 3.8) is 0 Å². The van der Waals surface area contributed by atoms with E-state index >= 15 is 0 Å². The van der Waals surface area contributed by atoms with Crippen molar-refractivity contribution >= 4 is 61.4 Å². The van der Waals surface area contributed by atoms with Gasteiger partial charge in [-0.1, -0.05) is 63.3 Å². The molecule has 112 valence electrons. The van der Waals surface area contributed by atoms with Gasteiger partial charge < -0.3 is 5.32 Å². The van der Waals surface area contributed by atoms with Gasteiger partial charge >= 0.3 is 0 Å². The van der Waals surface area contributed by atoms with Crippen molar-refractivity contribution in [2.24, 2.45) is 0 Å². The van der Waals surface area contributed by atoms with Crippen LogP contribution in [0.5, 0.6) is 0 Å². The fourth-order valence-electron chi connectivity index (χ4n) is 2.02. The largest absolute Gasteiger partial charge is 0.325 e. The molecule has 22 heavy (non-hydrogen) atoms. The molecule has 7 heteroatoms. The number of amides is 1. The number of fused-ring (bicyclic) bond motifs is 1. The number of hydrogen-bond donors (Lipinski definition) is 1. The van der Waals surface area contributed by atoms with Crippen molar-refractivity contribution < 1.29 is 4.79 Å². The monoisotopic (exact) mass is 393 g/mol. The Morgan fingerprint density at radius 2 is 2.00 bits per heavy atom. The van der Waals surface area contributed by atoms with Crippen LogP contribution in [0.1, 0.15) is 5.01 Å². The topological polar surface area (TPSA) is 54.9 Å². The van der Waals surface area contributed by atoms with Crippen molar-refractivity contribution in [2.45, 2.75) is 11.3 Å². The van der Waals surface area contributed by atoms with Crippen molar-refractivity contribution in [1.82, 2.24) is 10.2 Å². The Morgan fingerprint density at radius 1 is 1.23 bits per heavy atom. The first-order valence-electron chi connectivity index (χ1n) is 6.53. The molecule has 0 unspecified atom stereocenters. The minimum Gasteiger partial charge on any atom is -0.325 e. The predicted octanol–water partition coefficient (Wildman–Crippen LogP) is 4.49. The first-order chi connectivity index (χ1) is 10.6. The number of aromatic nitrogens is 2. The summed E-state index contributed by atoms with van der Waals surface area (Å²) in [4.78, 5) is 12.1. The standard InChI is InChI=1S/C15H12BrN3OS2/c1-9-18-19-15(22-9)21-8-14(20)17-13-7-6-12(16)10-4-2-3-5-11(10)13/h2-7H,8H2,1H3,(H,17,20). The summed E-state index contributed by atoms with van der Waals surface area (Å²) in [6, 6.07) is 11.8. The number of rotatable bonds is 4. The smallest absolute Gasteiger partial charge is 0.234 e. The third-order valence-electron chi connectivity index (χ3n) is 2.98. The van der Waals surface area contributed by atoms with Gasteiger partial charge in [-0.15, -0.1) is 10.2 Å². The molecule has 0 saturated carbocycles. The van der Waals surface area contributed by atoms with Crippen molar-refractivity contribution in [3.05, 3.63) is 45.9 Å². The van der Waals surface area contributed by atoms with Crippen LogP contribution in [0.3, 0.4) is 0 Å². The molecular formula is C15H12BrN3OS2. The van der Waals surface area contributed by atoms with Gasteiger partial charge in [0.15, 0.2) is 4.34 Å². The van der Waals surface area contributed by atoms with Gasteiger partial charge in [0.05, 0.1) is 5.75 Å². The van der Waals surface area contributed by atoms with Gasteiger partial charge in [0.2, 0.25) is 5.91 Å². The zero-order valence-electron chi connectivity index (χ0n) is 11.7. The van der Waals surface area contributed by atoms with E-state index in [1.54, 1.807) is 0 Å². The van der Waals surface area contributed by atoms with E-state index < -0.39 is 0 Å². The van der Waals surface area contributed by atoms with Gasteiger partial charge in [0.1, 0.15) is 5.01 Å². The average Bonchev–Trinajstić information content (AvgIpc) is 2.94. The Hall–Kier alpha value is -1.44. The van der Waals surface area contributed by atoms with Gasteiger partial charge in [0.25, 0.3) is 0 Å². The van der Waals surface area contributed by atoms with E-state index in [-0.39, 0.29) is 5.91 Å². The van der Waals surface area contributed by atoms with E-state index in [0.717, 1.165) is 30.3 Å². The van der Waals surface area contributed by atoms with E-state index in [9.17, 15) is 4.79 Å². The summed E-state index contributed by atoms with van der Waals surface area (Å²) in [6.45, 7) is 1.90. The van der Waals surface area contributed by atoms with Crippen molar-refractivity contribution in [2.75, 3.05) is 11.1 Å². The van der Waals surface area contributed by atoms with Crippen LogP contribution < -0.4 is 5.32 Å².